The number of rotatable bonds is 1. The van der Waals surface area contributed by atoms with Crippen LogP contribution in [0.5, 0.6) is 0 Å². The molecule has 0 unspecified atom stereocenters. The van der Waals surface area contributed by atoms with Gasteiger partial charge in [0.15, 0.2) is 0 Å². The molecule has 0 aromatic heterocycles. The molecule has 0 atom stereocenters. The smallest absolute Gasteiger partial charge is 0.00827 e. The highest BCUT2D eigenvalue weighted by Crippen LogP contribution is 2.18. The first-order valence-corrected chi connectivity index (χ1v) is 4.13. The van der Waals surface area contributed by atoms with Crippen molar-refractivity contribution in [1.82, 2.24) is 0 Å². The molecule has 1 rings (SSSR count). The predicted octanol–water partition coefficient (Wildman–Crippen LogP) is 2.47. The quantitative estimate of drug-likeness (QED) is 0.473. The normalized spacial score (nSPS) is 20.2. The molecule has 0 nitrogen and oxygen atoms in total. The lowest BCUT2D eigenvalue weighted by molar-refractivity contribution is 1.30. The van der Waals surface area contributed by atoms with Gasteiger partial charge in [-0.2, -0.15) is 0 Å². The molecule has 8 heavy (non-hydrogen) atoms. The number of hydrogen-bond donors (Lipinski definition) is 0. The molecule has 0 saturated heterocycles. The fourth-order valence-electron chi connectivity index (χ4n) is 0.926. The van der Waals surface area contributed by atoms with Gasteiger partial charge in [0.05, 0.1) is 0 Å². The summed E-state index contributed by atoms with van der Waals surface area (Å²) in [6, 6.07) is 0. The van der Waals surface area contributed by atoms with Gasteiger partial charge < -0.3 is 0 Å². The zero-order valence-electron chi connectivity index (χ0n) is 5.44. The van der Waals surface area contributed by atoms with Crippen LogP contribution in [0.1, 0.15) is 20.3 Å². The minimum Gasteiger partial charge on any atom is -0.0966 e. The number of allylic oxidation sites excluding steroid dienone is 2. The molecule has 0 aromatic rings. The zero-order valence-corrected chi connectivity index (χ0v) is 6.33. The molecule has 1 aliphatic rings. The second-order valence-electron chi connectivity index (χ2n) is 2.03. The average Bonchev–Trinajstić information content (AvgIpc) is 2.14. The van der Waals surface area contributed by atoms with Crippen LogP contribution < -0.4 is 0 Å². The third-order valence-corrected chi connectivity index (χ3v) is 2.89. The molecule has 0 amide bonds. The largest absolute Gasteiger partial charge is 0.0966 e. The Morgan fingerprint density at radius 2 is 2.50 bits per heavy atom. The van der Waals surface area contributed by atoms with E-state index >= 15 is 0 Å². The van der Waals surface area contributed by atoms with E-state index in [1.165, 1.54) is 26.4 Å². The average molecular weight is 126 g/mol. The zero-order chi connectivity index (χ0) is 5.98. The van der Waals surface area contributed by atoms with Gasteiger partial charge >= 0.3 is 0 Å². The summed E-state index contributed by atoms with van der Waals surface area (Å²) in [7, 11) is 1.54. The minimum absolute atomic E-state index is 1.24. The van der Waals surface area contributed by atoms with Crippen molar-refractivity contribution in [1.29, 1.82) is 0 Å². The first-order chi connectivity index (χ1) is 3.84. The van der Waals surface area contributed by atoms with E-state index < -0.39 is 0 Å². The SMILES string of the molecule is CCC1=PCC=C1C. The van der Waals surface area contributed by atoms with Crippen LogP contribution in [0.3, 0.4) is 0 Å². The van der Waals surface area contributed by atoms with Crippen LogP contribution in [-0.2, 0) is 0 Å². The van der Waals surface area contributed by atoms with Gasteiger partial charge in [0.25, 0.3) is 0 Å². The lowest BCUT2D eigenvalue weighted by atomic mass is 10.2. The molecule has 1 heterocycles. The predicted molar refractivity (Wildman–Crippen MR) is 40.8 cm³/mol. The Bertz CT molecular complexity index is 142. The van der Waals surface area contributed by atoms with Crippen LogP contribution in [0.25, 0.3) is 0 Å². The second kappa shape index (κ2) is 2.46. The molecule has 0 fully saturated rings. The van der Waals surface area contributed by atoms with Crippen LogP contribution in [-0.4, -0.2) is 11.5 Å². The Morgan fingerprint density at radius 3 is 2.75 bits per heavy atom. The van der Waals surface area contributed by atoms with E-state index in [2.05, 4.69) is 19.9 Å². The van der Waals surface area contributed by atoms with E-state index in [9.17, 15) is 0 Å². The van der Waals surface area contributed by atoms with E-state index in [1.807, 2.05) is 0 Å². The van der Waals surface area contributed by atoms with Crippen molar-refractivity contribution in [2.45, 2.75) is 20.3 Å². The highest BCUT2D eigenvalue weighted by atomic mass is 31.1. The van der Waals surface area contributed by atoms with Crippen molar-refractivity contribution in [3.63, 3.8) is 0 Å². The Kier molecular flexibility index (Phi) is 1.85. The summed E-state index contributed by atoms with van der Waals surface area (Å²) in [5, 5.41) is 1.63. The molecule has 0 radical (unpaired) electrons. The van der Waals surface area contributed by atoms with Gasteiger partial charge in [-0.15, -0.1) is 0 Å². The maximum atomic E-state index is 2.32. The van der Waals surface area contributed by atoms with Crippen LogP contribution in [0.2, 0.25) is 0 Å². The van der Waals surface area contributed by atoms with Crippen LogP contribution in [0.15, 0.2) is 11.6 Å². The first kappa shape index (κ1) is 6.04. The summed E-state index contributed by atoms with van der Waals surface area (Å²) in [6.07, 6.45) is 4.82. The van der Waals surface area contributed by atoms with Gasteiger partial charge in [0, 0.05) is 6.16 Å². The van der Waals surface area contributed by atoms with Gasteiger partial charge in [0.1, 0.15) is 0 Å². The van der Waals surface area contributed by atoms with E-state index in [0.717, 1.165) is 0 Å². The maximum absolute atomic E-state index is 2.32. The molecule has 1 heteroatoms. The summed E-state index contributed by atoms with van der Waals surface area (Å²) in [6.45, 7) is 4.43. The fourth-order valence-corrected chi connectivity index (χ4v) is 2.08. The molecule has 0 spiro atoms. The maximum Gasteiger partial charge on any atom is 0.00827 e. The van der Waals surface area contributed by atoms with E-state index in [-0.39, 0.29) is 0 Å². The van der Waals surface area contributed by atoms with E-state index in [4.69, 9.17) is 0 Å². The molecule has 0 aromatic carbocycles. The lowest BCUT2D eigenvalue weighted by Crippen LogP contribution is -1.88. The molecule has 0 bridgehead atoms. The van der Waals surface area contributed by atoms with E-state index in [1.54, 1.807) is 5.29 Å². The van der Waals surface area contributed by atoms with Crippen molar-refractivity contribution < 1.29 is 0 Å². The molecule has 44 valence electrons. The molecule has 0 saturated carbocycles. The highest BCUT2D eigenvalue weighted by molar-refractivity contribution is 7.42. The Balaban J connectivity index is 2.66. The van der Waals surface area contributed by atoms with Gasteiger partial charge in [0.2, 0.25) is 0 Å². The standard InChI is InChI=1S/C7H11P/c1-3-7-6(2)4-5-8-7/h4H,3,5H2,1-2H3. The minimum atomic E-state index is 1.24. The fraction of sp³-hybridized carbons (Fsp3) is 0.571. The third kappa shape index (κ3) is 1.00. The Hall–Kier alpha value is -0.0900. The first-order valence-electron chi connectivity index (χ1n) is 3.05. The summed E-state index contributed by atoms with van der Waals surface area (Å²) in [5.41, 5.74) is 1.52. The number of hydrogen-bond acceptors (Lipinski definition) is 0. The van der Waals surface area contributed by atoms with Crippen LogP contribution in [0, 0.1) is 0 Å². The van der Waals surface area contributed by atoms with E-state index in [0.29, 0.717) is 0 Å². The van der Waals surface area contributed by atoms with Gasteiger partial charge in [-0.05, 0) is 24.2 Å². The summed E-state index contributed by atoms with van der Waals surface area (Å²) in [5.74, 6) is 0. The lowest BCUT2D eigenvalue weighted by Gasteiger charge is -1.94. The van der Waals surface area contributed by atoms with Crippen molar-refractivity contribution in [2.24, 2.45) is 0 Å². The summed E-state index contributed by atoms with van der Waals surface area (Å²) >= 11 is 0. The molecular formula is C7H11P. The Labute approximate surface area is 52.4 Å². The topological polar surface area (TPSA) is 0 Å². The second-order valence-corrected chi connectivity index (χ2v) is 3.25. The van der Waals surface area contributed by atoms with Crippen LogP contribution >= 0.6 is 8.20 Å². The van der Waals surface area contributed by atoms with Crippen molar-refractivity contribution >= 4 is 13.5 Å². The van der Waals surface area contributed by atoms with Crippen LogP contribution in [0.4, 0.5) is 0 Å². The molecule has 0 N–H and O–H groups in total. The highest BCUT2D eigenvalue weighted by Gasteiger charge is 2.00. The molecule has 1 aliphatic heterocycles. The summed E-state index contributed by atoms with van der Waals surface area (Å²) < 4.78 is 0. The third-order valence-electron chi connectivity index (χ3n) is 1.47. The molecule has 0 aliphatic carbocycles. The molecular weight excluding hydrogens is 115 g/mol. The van der Waals surface area contributed by atoms with Gasteiger partial charge in [-0.25, -0.2) is 0 Å². The summed E-state index contributed by atoms with van der Waals surface area (Å²) in [4.78, 5) is 0. The Morgan fingerprint density at radius 1 is 1.75 bits per heavy atom. The van der Waals surface area contributed by atoms with Crippen molar-refractivity contribution in [2.75, 3.05) is 6.16 Å². The van der Waals surface area contributed by atoms with Crippen molar-refractivity contribution in [3.05, 3.63) is 11.6 Å². The monoisotopic (exact) mass is 126 g/mol. The van der Waals surface area contributed by atoms with Crippen molar-refractivity contribution in [3.8, 4) is 0 Å². The van der Waals surface area contributed by atoms with Gasteiger partial charge in [-0.3, -0.25) is 0 Å². The van der Waals surface area contributed by atoms with Gasteiger partial charge in [-0.1, -0.05) is 21.2 Å².